The Labute approximate surface area is 131 Å². The molecule has 2 fully saturated rings. The zero-order chi connectivity index (χ0) is 13.9. The maximum Gasteiger partial charge on any atom is 0.0612 e. The third-order valence-electron chi connectivity index (χ3n) is 4.71. The lowest BCUT2D eigenvalue weighted by Crippen LogP contribution is -2.44. The highest BCUT2D eigenvalue weighted by Gasteiger charge is 2.34. The van der Waals surface area contributed by atoms with Crippen molar-refractivity contribution in [3.05, 3.63) is 28.2 Å². The van der Waals surface area contributed by atoms with E-state index in [1.54, 1.807) is 0 Å². The van der Waals surface area contributed by atoms with Gasteiger partial charge in [0, 0.05) is 17.8 Å². The zero-order valence-corrected chi connectivity index (χ0v) is 13.2. The van der Waals surface area contributed by atoms with Gasteiger partial charge in [-0.05, 0) is 56.3 Å². The molecule has 1 aliphatic carbocycles. The van der Waals surface area contributed by atoms with Crippen LogP contribution in [0.2, 0.25) is 10.0 Å². The van der Waals surface area contributed by atoms with E-state index in [0.717, 1.165) is 11.6 Å². The van der Waals surface area contributed by atoms with Crippen LogP contribution in [-0.2, 0) is 0 Å². The highest BCUT2D eigenvalue weighted by molar-refractivity contribution is 6.42. The van der Waals surface area contributed by atoms with E-state index in [-0.39, 0.29) is 0 Å². The van der Waals surface area contributed by atoms with Crippen LogP contribution in [0, 0.1) is 5.92 Å². The molecule has 20 heavy (non-hydrogen) atoms. The van der Waals surface area contributed by atoms with Gasteiger partial charge in [0.05, 0.1) is 10.0 Å². The predicted octanol–water partition coefficient (Wildman–Crippen LogP) is 4.72. The van der Waals surface area contributed by atoms with Gasteiger partial charge in [-0.15, -0.1) is 0 Å². The minimum atomic E-state index is 0.558. The molecule has 3 rings (SSSR count). The topological polar surface area (TPSA) is 24.1 Å². The van der Waals surface area contributed by atoms with E-state index in [1.807, 2.05) is 18.2 Å². The first kappa shape index (κ1) is 14.5. The molecule has 1 aromatic rings. The third kappa shape index (κ3) is 3.24. The molecular weight excluding hydrogens is 291 g/mol. The molecule has 1 heterocycles. The maximum atomic E-state index is 6.10. The van der Waals surface area contributed by atoms with E-state index < -0.39 is 0 Å². The normalized spacial score (nSPS) is 30.4. The van der Waals surface area contributed by atoms with Crippen LogP contribution in [0.5, 0.6) is 0 Å². The summed E-state index contributed by atoms with van der Waals surface area (Å²) in [7, 11) is 0. The first-order valence-corrected chi connectivity index (χ1v) is 8.44. The van der Waals surface area contributed by atoms with Crippen LogP contribution < -0.4 is 10.6 Å². The Hall–Kier alpha value is -0.440. The SMILES string of the molecule is Clc1ccc(NC2CCCC2C2CCCCN2)cc1Cl. The average molecular weight is 313 g/mol. The minimum absolute atomic E-state index is 0.558. The number of halogens is 2. The van der Waals surface area contributed by atoms with E-state index >= 15 is 0 Å². The van der Waals surface area contributed by atoms with Crippen LogP contribution in [0.1, 0.15) is 38.5 Å². The number of hydrogen-bond donors (Lipinski definition) is 2. The van der Waals surface area contributed by atoms with E-state index in [0.29, 0.717) is 22.1 Å². The standard InChI is InChI=1S/C16H22Cl2N2/c17-13-8-7-11(10-14(13)18)20-16-6-3-4-12(16)15-5-1-2-9-19-15/h7-8,10,12,15-16,19-20H,1-6,9H2. The quantitative estimate of drug-likeness (QED) is 0.844. The summed E-state index contributed by atoms with van der Waals surface area (Å²) in [6, 6.07) is 7.08. The summed E-state index contributed by atoms with van der Waals surface area (Å²) in [4.78, 5) is 0. The smallest absolute Gasteiger partial charge is 0.0612 e. The van der Waals surface area contributed by atoms with Crippen molar-refractivity contribution >= 4 is 28.9 Å². The molecule has 110 valence electrons. The fourth-order valence-electron chi connectivity index (χ4n) is 3.69. The number of hydrogen-bond acceptors (Lipinski definition) is 2. The van der Waals surface area contributed by atoms with Gasteiger partial charge in [0.25, 0.3) is 0 Å². The first-order valence-electron chi connectivity index (χ1n) is 7.69. The van der Waals surface area contributed by atoms with Gasteiger partial charge in [-0.3, -0.25) is 0 Å². The highest BCUT2D eigenvalue weighted by Crippen LogP contribution is 2.34. The summed E-state index contributed by atoms with van der Waals surface area (Å²) < 4.78 is 0. The van der Waals surface area contributed by atoms with Crippen LogP contribution in [0.15, 0.2) is 18.2 Å². The Morgan fingerprint density at radius 2 is 1.90 bits per heavy atom. The van der Waals surface area contributed by atoms with Crippen LogP contribution in [-0.4, -0.2) is 18.6 Å². The molecule has 0 bridgehead atoms. The van der Waals surface area contributed by atoms with Crippen molar-refractivity contribution in [2.75, 3.05) is 11.9 Å². The van der Waals surface area contributed by atoms with Crippen molar-refractivity contribution in [2.45, 2.75) is 50.6 Å². The Bertz CT molecular complexity index is 458. The van der Waals surface area contributed by atoms with Gasteiger partial charge in [-0.1, -0.05) is 36.0 Å². The van der Waals surface area contributed by atoms with Gasteiger partial charge >= 0.3 is 0 Å². The van der Waals surface area contributed by atoms with E-state index in [1.165, 1.54) is 45.1 Å². The van der Waals surface area contributed by atoms with E-state index in [9.17, 15) is 0 Å². The van der Waals surface area contributed by atoms with Gasteiger partial charge in [-0.25, -0.2) is 0 Å². The van der Waals surface area contributed by atoms with E-state index in [2.05, 4.69) is 10.6 Å². The summed E-state index contributed by atoms with van der Waals surface area (Å²) >= 11 is 12.1. The number of rotatable bonds is 3. The average Bonchev–Trinajstić information content (AvgIpc) is 2.92. The van der Waals surface area contributed by atoms with Crippen molar-refractivity contribution in [1.29, 1.82) is 0 Å². The molecule has 0 amide bonds. The molecule has 3 atom stereocenters. The molecule has 3 unspecified atom stereocenters. The van der Waals surface area contributed by atoms with E-state index in [4.69, 9.17) is 23.2 Å². The molecule has 0 spiro atoms. The summed E-state index contributed by atoms with van der Waals surface area (Å²) in [5.41, 5.74) is 1.09. The van der Waals surface area contributed by atoms with Crippen LogP contribution in [0.4, 0.5) is 5.69 Å². The lowest BCUT2D eigenvalue weighted by Gasteiger charge is -2.33. The van der Waals surface area contributed by atoms with Crippen molar-refractivity contribution in [3.8, 4) is 0 Å². The second kappa shape index (κ2) is 6.55. The summed E-state index contributed by atoms with van der Waals surface area (Å²) in [6.45, 7) is 1.18. The molecule has 2 aliphatic rings. The van der Waals surface area contributed by atoms with Gasteiger partial charge in [0.15, 0.2) is 0 Å². The first-order chi connectivity index (χ1) is 9.74. The lowest BCUT2D eigenvalue weighted by atomic mass is 9.88. The lowest BCUT2D eigenvalue weighted by molar-refractivity contribution is 0.286. The van der Waals surface area contributed by atoms with Crippen molar-refractivity contribution in [2.24, 2.45) is 5.92 Å². The Morgan fingerprint density at radius 1 is 1.00 bits per heavy atom. The fourth-order valence-corrected chi connectivity index (χ4v) is 3.99. The Balaban J connectivity index is 1.67. The molecule has 2 nitrogen and oxygen atoms in total. The minimum Gasteiger partial charge on any atom is -0.382 e. The largest absolute Gasteiger partial charge is 0.382 e. The molecule has 1 saturated carbocycles. The number of benzene rings is 1. The Kier molecular flexibility index (Phi) is 4.75. The van der Waals surface area contributed by atoms with Crippen molar-refractivity contribution in [3.63, 3.8) is 0 Å². The number of piperidine rings is 1. The molecule has 1 saturated heterocycles. The summed E-state index contributed by atoms with van der Waals surface area (Å²) in [5.74, 6) is 0.741. The molecule has 0 radical (unpaired) electrons. The summed E-state index contributed by atoms with van der Waals surface area (Å²) in [6.07, 6.45) is 7.92. The Morgan fingerprint density at radius 3 is 2.65 bits per heavy atom. The number of nitrogens with one attached hydrogen (secondary N) is 2. The number of anilines is 1. The third-order valence-corrected chi connectivity index (χ3v) is 5.45. The molecular formula is C16H22Cl2N2. The second-order valence-corrected chi connectivity index (χ2v) is 6.85. The summed E-state index contributed by atoms with van der Waals surface area (Å²) in [5, 5.41) is 8.63. The van der Waals surface area contributed by atoms with Crippen molar-refractivity contribution in [1.82, 2.24) is 5.32 Å². The van der Waals surface area contributed by atoms with Gasteiger partial charge in [0.1, 0.15) is 0 Å². The molecule has 1 aromatic carbocycles. The molecule has 2 N–H and O–H groups in total. The molecule has 0 aromatic heterocycles. The second-order valence-electron chi connectivity index (χ2n) is 6.03. The molecule has 1 aliphatic heterocycles. The monoisotopic (exact) mass is 312 g/mol. The van der Waals surface area contributed by atoms with Crippen LogP contribution in [0.3, 0.4) is 0 Å². The zero-order valence-electron chi connectivity index (χ0n) is 11.7. The highest BCUT2D eigenvalue weighted by atomic mass is 35.5. The van der Waals surface area contributed by atoms with Gasteiger partial charge in [0.2, 0.25) is 0 Å². The van der Waals surface area contributed by atoms with Crippen LogP contribution >= 0.6 is 23.2 Å². The predicted molar refractivity (Wildman–Crippen MR) is 86.9 cm³/mol. The molecule has 4 heteroatoms. The van der Waals surface area contributed by atoms with Crippen molar-refractivity contribution < 1.29 is 0 Å². The van der Waals surface area contributed by atoms with Crippen LogP contribution in [0.25, 0.3) is 0 Å². The van der Waals surface area contributed by atoms with Gasteiger partial charge in [-0.2, -0.15) is 0 Å². The van der Waals surface area contributed by atoms with Gasteiger partial charge < -0.3 is 10.6 Å². The maximum absolute atomic E-state index is 6.10. The fraction of sp³-hybridized carbons (Fsp3) is 0.625.